The normalized spacial score (nSPS) is 21.7. The van der Waals surface area contributed by atoms with Gasteiger partial charge in [-0.1, -0.05) is 6.42 Å². The number of rotatable bonds is 5. The topological polar surface area (TPSA) is 69.6 Å². The Kier molecular flexibility index (Phi) is 7.42. The summed E-state index contributed by atoms with van der Waals surface area (Å²) < 4.78 is 78.1. The second kappa shape index (κ2) is 9.61. The average Bonchev–Trinajstić information content (AvgIpc) is 2.72. The van der Waals surface area contributed by atoms with Gasteiger partial charge in [0.15, 0.2) is 0 Å². The van der Waals surface area contributed by atoms with Crippen LogP contribution in [0.25, 0.3) is 0 Å². The van der Waals surface area contributed by atoms with E-state index >= 15 is 0 Å². The molecule has 0 bridgehead atoms. The number of nitrogens with one attached hydrogen (secondary N) is 1. The molecule has 1 aromatic rings. The molecule has 2 aliphatic rings. The maximum absolute atomic E-state index is 13.0. The molecule has 1 aromatic carbocycles. The van der Waals surface area contributed by atoms with Gasteiger partial charge < -0.3 is 15.3 Å². The maximum Gasteiger partial charge on any atom is 0.416 e. The van der Waals surface area contributed by atoms with E-state index in [0.29, 0.717) is 12.1 Å². The van der Waals surface area contributed by atoms with E-state index in [1.807, 2.05) is 0 Å². The van der Waals surface area contributed by atoms with Crippen LogP contribution >= 0.6 is 0 Å². The summed E-state index contributed by atoms with van der Waals surface area (Å²) in [5, 5.41) is 13.9. The minimum atomic E-state index is -5.00. The Bertz CT molecular complexity index is 838. The number of aliphatic hydroxyl groups is 1. The molecule has 0 spiro atoms. The summed E-state index contributed by atoms with van der Waals surface area (Å²) in [4.78, 5) is 26.7. The Morgan fingerprint density at radius 2 is 1.58 bits per heavy atom. The van der Waals surface area contributed by atoms with Crippen molar-refractivity contribution in [3.05, 3.63) is 34.9 Å². The first-order valence-electron chi connectivity index (χ1n) is 10.8. The van der Waals surface area contributed by atoms with Crippen LogP contribution in [0.2, 0.25) is 0 Å². The Hall–Kier alpha value is -2.14. The Labute approximate surface area is 187 Å². The van der Waals surface area contributed by atoms with E-state index in [1.54, 1.807) is 4.90 Å². The van der Waals surface area contributed by atoms with Gasteiger partial charge in [0.05, 0.1) is 22.8 Å². The van der Waals surface area contributed by atoms with Gasteiger partial charge in [-0.25, -0.2) is 0 Å². The van der Waals surface area contributed by atoms with Gasteiger partial charge >= 0.3 is 12.4 Å². The third-order valence-electron chi connectivity index (χ3n) is 6.19. The van der Waals surface area contributed by atoms with Gasteiger partial charge in [-0.15, -0.1) is 0 Å². The number of amides is 1. The van der Waals surface area contributed by atoms with Crippen molar-refractivity contribution in [2.24, 2.45) is 0 Å². The molecule has 1 atom stereocenters. The van der Waals surface area contributed by atoms with E-state index in [-0.39, 0.29) is 43.9 Å². The average molecular weight is 480 g/mol. The number of alkyl halides is 6. The van der Waals surface area contributed by atoms with Gasteiger partial charge in [0.1, 0.15) is 5.78 Å². The number of Topliss-reactive ketones (excluding diaryl/α,β-unsaturated/α-hetero) is 1. The zero-order valence-corrected chi connectivity index (χ0v) is 17.9. The molecule has 2 aliphatic heterocycles. The van der Waals surface area contributed by atoms with Crippen molar-refractivity contribution in [2.45, 2.75) is 68.9 Å². The van der Waals surface area contributed by atoms with E-state index in [4.69, 9.17) is 0 Å². The molecule has 2 saturated heterocycles. The largest absolute Gasteiger partial charge is 0.416 e. The standard InChI is InChI=1S/C22H26F6N2O3/c23-21(24,25)15-9-14(10-16(12-15)22(26,27)28)11-17(31)13-20(33)4-7-30(8-5-20)19(32)18-3-1-2-6-29-18/h9-10,12,18,29,33H,1-8,11,13H2/t18-/m1/s1. The van der Waals surface area contributed by atoms with E-state index < -0.39 is 53.3 Å². The molecule has 184 valence electrons. The molecule has 0 radical (unpaired) electrons. The van der Waals surface area contributed by atoms with Crippen LogP contribution < -0.4 is 5.32 Å². The van der Waals surface area contributed by atoms with Crippen molar-refractivity contribution in [3.63, 3.8) is 0 Å². The third-order valence-corrected chi connectivity index (χ3v) is 6.19. The van der Waals surface area contributed by atoms with Crippen molar-refractivity contribution in [1.82, 2.24) is 10.2 Å². The minimum absolute atomic E-state index is 0.00934. The number of hydrogen-bond acceptors (Lipinski definition) is 4. The highest BCUT2D eigenvalue weighted by atomic mass is 19.4. The Morgan fingerprint density at radius 1 is 1.00 bits per heavy atom. The van der Waals surface area contributed by atoms with Crippen molar-refractivity contribution in [2.75, 3.05) is 19.6 Å². The van der Waals surface area contributed by atoms with Crippen molar-refractivity contribution in [3.8, 4) is 0 Å². The van der Waals surface area contributed by atoms with E-state index in [2.05, 4.69) is 5.32 Å². The van der Waals surface area contributed by atoms with Crippen LogP contribution in [0.1, 0.15) is 55.2 Å². The first-order valence-corrected chi connectivity index (χ1v) is 10.8. The zero-order valence-electron chi connectivity index (χ0n) is 17.9. The molecule has 1 amide bonds. The Morgan fingerprint density at radius 3 is 2.06 bits per heavy atom. The number of piperidine rings is 2. The second-order valence-corrected chi connectivity index (χ2v) is 8.86. The highest BCUT2D eigenvalue weighted by Gasteiger charge is 2.39. The molecule has 3 rings (SSSR count). The first kappa shape index (κ1) is 25.5. The molecule has 33 heavy (non-hydrogen) atoms. The lowest BCUT2D eigenvalue weighted by molar-refractivity contribution is -0.144. The maximum atomic E-state index is 13.0. The van der Waals surface area contributed by atoms with Crippen molar-refractivity contribution < 1.29 is 41.0 Å². The molecular formula is C22H26F6N2O3. The smallest absolute Gasteiger partial charge is 0.389 e. The monoisotopic (exact) mass is 480 g/mol. The summed E-state index contributed by atoms with van der Waals surface area (Å²) in [6, 6.07) is 0.788. The quantitative estimate of drug-likeness (QED) is 0.631. The van der Waals surface area contributed by atoms with E-state index in [9.17, 15) is 41.0 Å². The van der Waals surface area contributed by atoms with Crippen LogP contribution in [0.15, 0.2) is 18.2 Å². The highest BCUT2D eigenvalue weighted by molar-refractivity contribution is 5.83. The number of likely N-dealkylation sites (tertiary alicyclic amines) is 1. The van der Waals surface area contributed by atoms with Gasteiger partial charge in [0.2, 0.25) is 5.91 Å². The lowest BCUT2D eigenvalue weighted by Crippen LogP contribution is -2.53. The summed E-state index contributed by atoms with van der Waals surface area (Å²) in [5.41, 5.74) is -4.84. The predicted molar refractivity (Wildman–Crippen MR) is 106 cm³/mol. The number of carbonyl (C=O) groups is 2. The zero-order chi connectivity index (χ0) is 24.4. The van der Waals surface area contributed by atoms with Crippen molar-refractivity contribution >= 4 is 11.7 Å². The lowest BCUT2D eigenvalue weighted by atomic mass is 9.85. The number of hydrogen-bond donors (Lipinski definition) is 2. The van der Waals surface area contributed by atoms with Gasteiger partial charge in [-0.05, 0) is 56.0 Å². The Balaban J connectivity index is 1.62. The molecule has 0 saturated carbocycles. The van der Waals surface area contributed by atoms with Crippen LogP contribution in [0.4, 0.5) is 26.3 Å². The fourth-order valence-electron chi connectivity index (χ4n) is 4.38. The lowest BCUT2D eigenvalue weighted by Gasteiger charge is -2.39. The number of halogens is 6. The summed E-state index contributed by atoms with van der Waals surface area (Å²) in [6.45, 7) is 1.21. The fourth-order valence-corrected chi connectivity index (χ4v) is 4.38. The molecule has 11 heteroatoms. The van der Waals surface area contributed by atoms with Crippen molar-refractivity contribution in [1.29, 1.82) is 0 Å². The summed E-state index contributed by atoms with van der Waals surface area (Å²) in [5.74, 6) is -0.731. The van der Waals surface area contributed by atoms with E-state index in [1.165, 1.54) is 0 Å². The van der Waals surface area contributed by atoms with Gasteiger partial charge in [0.25, 0.3) is 0 Å². The van der Waals surface area contributed by atoms with Crippen LogP contribution in [0.5, 0.6) is 0 Å². The summed E-state index contributed by atoms with van der Waals surface area (Å²) in [7, 11) is 0. The van der Waals surface area contributed by atoms with Crippen LogP contribution in [-0.4, -0.2) is 53.0 Å². The van der Waals surface area contributed by atoms with Crippen LogP contribution in [-0.2, 0) is 28.4 Å². The molecule has 0 aromatic heterocycles. The third kappa shape index (κ3) is 6.69. The number of benzene rings is 1. The van der Waals surface area contributed by atoms with Crippen LogP contribution in [0.3, 0.4) is 0 Å². The number of ketones is 1. The highest BCUT2D eigenvalue weighted by Crippen LogP contribution is 2.37. The fraction of sp³-hybridized carbons (Fsp3) is 0.636. The first-order chi connectivity index (χ1) is 15.3. The molecule has 0 unspecified atom stereocenters. The molecule has 2 fully saturated rings. The number of nitrogens with zero attached hydrogens (tertiary/aromatic N) is 1. The molecule has 2 N–H and O–H groups in total. The molecule has 0 aliphatic carbocycles. The molecular weight excluding hydrogens is 454 g/mol. The van der Waals surface area contributed by atoms with E-state index in [0.717, 1.165) is 25.8 Å². The minimum Gasteiger partial charge on any atom is -0.389 e. The van der Waals surface area contributed by atoms with Gasteiger partial charge in [-0.3, -0.25) is 9.59 Å². The summed E-state index contributed by atoms with van der Waals surface area (Å²) in [6.07, 6.45) is -8.18. The summed E-state index contributed by atoms with van der Waals surface area (Å²) >= 11 is 0. The van der Waals surface area contributed by atoms with Gasteiger partial charge in [0, 0.05) is 25.9 Å². The van der Waals surface area contributed by atoms with Gasteiger partial charge in [-0.2, -0.15) is 26.3 Å². The molecule has 5 nitrogen and oxygen atoms in total. The van der Waals surface area contributed by atoms with Crippen LogP contribution in [0, 0.1) is 0 Å². The number of carbonyl (C=O) groups excluding carboxylic acids is 2. The second-order valence-electron chi connectivity index (χ2n) is 8.86. The molecule has 2 heterocycles. The SMILES string of the molecule is O=C(Cc1cc(C(F)(F)F)cc(C(F)(F)F)c1)CC1(O)CCN(C(=O)[C@H]2CCCCN2)CC1. The predicted octanol–water partition coefficient (Wildman–Crippen LogP) is 3.72.